The summed E-state index contributed by atoms with van der Waals surface area (Å²) in [5.41, 5.74) is 0. The number of hydrogen-bond donors (Lipinski definition) is 9. The maximum Gasteiger partial charge on any atom is 0.470 e. The van der Waals surface area contributed by atoms with Crippen LogP contribution in [-0.4, -0.2) is 102 Å². The van der Waals surface area contributed by atoms with Gasteiger partial charge in [-0.25, -0.2) is 4.57 Å². The normalized spacial score (nSPS) is 17.2. The molecule has 0 spiro atoms. The fourth-order valence-electron chi connectivity index (χ4n) is 0.914. The molecule has 0 aromatic rings. The van der Waals surface area contributed by atoms with Gasteiger partial charge >= 0.3 is 7.82 Å². The van der Waals surface area contributed by atoms with Crippen LogP contribution in [0.4, 0.5) is 0 Å². The van der Waals surface area contributed by atoms with Crippen molar-refractivity contribution in [1.82, 2.24) is 0 Å². The predicted octanol–water partition coefficient (Wildman–Crippen LogP) is -4.93. The molecule has 0 radical (unpaired) electrons. The summed E-state index contributed by atoms with van der Waals surface area (Å²) in [5, 5.41) is 59.7. The third-order valence-electron chi connectivity index (χ3n) is 2.08. The number of phosphoric ester groups is 1. The number of hydrogen-bond acceptors (Lipinski definition) is 10. The molecule has 134 valence electrons. The zero-order chi connectivity index (χ0) is 17.9. The second kappa shape index (κ2) is 12.0. The monoisotopic (exact) mass is 352 g/mol. The van der Waals surface area contributed by atoms with Gasteiger partial charge in [-0.05, 0) is 0 Å². The number of carbonyl (C=O) groups is 1. The first-order chi connectivity index (χ1) is 10.0. The molecule has 13 heteroatoms. The van der Waals surface area contributed by atoms with Crippen LogP contribution in [0.2, 0.25) is 0 Å². The lowest BCUT2D eigenvalue weighted by molar-refractivity contribution is -0.135. The summed E-state index contributed by atoms with van der Waals surface area (Å²) >= 11 is 0. The SMILES string of the molecule is O=CC(OP(=O)(O)O)C(O)C(O)C(O)CO.OCC(O)CO. The number of phosphoric acid groups is 1. The summed E-state index contributed by atoms with van der Waals surface area (Å²) in [7, 11) is -5.02. The van der Waals surface area contributed by atoms with E-state index in [9.17, 15) is 14.5 Å². The van der Waals surface area contributed by atoms with E-state index in [-0.39, 0.29) is 19.5 Å². The Morgan fingerprint density at radius 3 is 1.59 bits per heavy atom. The second-order valence-corrected chi connectivity index (χ2v) is 5.14. The smallest absolute Gasteiger partial charge is 0.394 e. The number of aldehydes is 1. The molecule has 4 unspecified atom stereocenters. The van der Waals surface area contributed by atoms with Crippen molar-refractivity contribution in [1.29, 1.82) is 0 Å². The average Bonchev–Trinajstić information content (AvgIpc) is 2.49. The van der Waals surface area contributed by atoms with Gasteiger partial charge in [-0.2, -0.15) is 0 Å². The van der Waals surface area contributed by atoms with E-state index in [1.807, 2.05) is 0 Å². The summed E-state index contributed by atoms with van der Waals surface area (Å²) in [6.45, 7) is -1.63. The highest BCUT2D eigenvalue weighted by Crippen LogP contribution is 2.38. The molecule has 0 saturated heterocycles. The topological polar surface area (TPSA) is 225 Å². The van der Waals surface area contributed by atoms with Crippen LogP contribution < -0.4 is 0 Å². The van der Waals surface area contributed by atoms with Crippen LogP contribution in [0.1, 0.15) is 0 Å². The molecule has 12 nitrogen and oxygen atoms in total. The maximum atomic E-state index is 10.4. The van der Waals surface area contributed by atoms with Crippen LogP contribution in [0.5, 0.6) is 0 Å². The van der Waals surface area contributed by atoms with E-state index in [4.69, 9.17) is 40.4 Å². The summed E-state index contributed by atoms with van der Waals surface area (Å²) in [4.78, 5) is 27.1. The van der Waals surface area contributed by atoms with E-state index in [0.29, 0.717) is 0 Å². The van der Waals surface area contributed by atoms with Crippen LogP contribution in [0.15, 0.2) is 0 Å². The minimum atomic E-state index is -5.02. The molecule has 0 aromatic carbocycles. The van der Waals surface area contributed by atoms with Gasteiger partial charge in [0.1, 0.15) is 24.4 Å². The van der Waals surface area contributed by atoms with Gasteiger partial charge in [-0.3, -0.25) is 4.52 Å². The van der Waals surface area contributed by atoms with E-state index in [1.54, 1.807) is 0 Å². The first-order valence-electron chi connectivity index (χ1n) is 5.78. The van der Waals surface area contributed by atoms with E-state index >= 15 is 0 Å². The Hall–Kier alpha value is -0.500. The molecule has 9 N–H and O–H groups in total. The van der Waals surface area contributed by atoms with Crippen molar-refractivity contribution in [2.45, 2.75) is 30.5 Å². The number of aliphatic hydroxyl groups excluding tert-OH is 7. The van der Waals surface area contributed by atoms with Crippen molar-refractivity contribution in [3.8, 4) is 0 Å². The fourth-order valence-corrected chi connectivity index (χ4v) is 1.41. The van der Waals surface area contributed by atoms with E-state index in [2.05, 4.69) is 4.52 Å². The van der Waals surface area contributed by atoms with Gasteiger partial charge in [0.2, 0.25) is 0 Å². The average molecular weight is 352 g/mol. The quantitative estimate of drug-likeness (QED) is 0.140. The summed E-state index contributed by atoms with van der Waals surface area (Å²) in [6.07, 6.45) is -8.93. The Kier molecular flexibility index (Phi) is 12.9. The van der Waals surface area contributed by atoms with Gasteiger partial charge in [0.25, 0.3) is 0 Å². The maximum absolute atomic E-state index is 10.4. The molecule has 4 atom stereocenters. The van der Waals surface area contributed by atoms with Crippen LogP contribution in [0, 0.1) is 0 Å². The van der Waals surface area contributed by atoms with E-state index in [0.717, 1.165) is 0 Å². The zero-order valence-corrected chi connectivity index (χ0v) is 12.2. The third-order valence-corrected chi connectivity index (χ3v) is 2.60. The Bertz CT molecular complexity index is 329. The van der Waals surface area contributed by atoms with E-state index in [1.165, 1.54) is 0 Å². The van der Waals surface area contributed by atoms with Crippen molar-refractivity contribution < 1.29 is 59.4 Å². The molecule has 0 aliphatic rings. The fraction of sp³-hybridized carbons (Fsp3) is 0.889. The second-order valence-electron chi connectivity index (χ2n) is 3.95. The standard InChI is InChI=1S/C6H13O9P.C3H8O3/c7-1-3(9)5(10)6(11)4(2-8)15-16(12,13)14;4-1-3(6)2-5/h2-7,9-11H,1H2,(H2,12,13,14);3-6H,1-2H2. The molecule has 0 aliphatic heterocycles. The van der Waals surface area contributed by atoms with Crippen LogP contribution in [0.3, 0.4) is 0 Å². The highest BCUT2D eigenvalue weighted by atomic mass is 31.2. The number of rotatable bonds is 9. The lowest BCUT2D eigenvalue weighted by Gasteiger charge is -2.25. The molecule has 0 amide bonds. The van der Waals surface area contributed by atoms with Crippen molar-refractivity contribution in [3.63, 3.8) is 0 Å². The Morgan fingerprint density at radius 2 is 1.36 bits per heavy atom. The van der Waals surface area contributed by atoms with E-state index < -0.39 is 44.9 Å². The lowest BCUT2D eigenvalue weighted by Crippen LogP contribution is -2.47. The number of carbonyl (C=O) groups excluding carboxylic acids is 1. The molecule has 0 rings (SSSR count). The highest BCUT2D eigenvalue weighted by molar-refractivity contribution is 7.46. The molecule has 0 aliphatic carbocycles. The summed E-state index contributed by atoms with van der Waals surface area (Å²) in [6, 6.07) is 0. The van der Waals surface area contributed by atoms with Gasteiger partial charge in [-0.15, -0.1) is 0 Å². The van der Waals surface area contributed by atoms with Gasteiger partial charge in [0.05, 0.1) is 19.8 Å². The van der Waals surface area contributed by atoms with Gasteiger partial charge in [0.15, 0.2) is 12.4 Å². The van der Waals surface area contributed by atoms with Gasteiger partial charge in [0, 0.05) is 0 Å². The Labute approximate surface area is 125 Å². The summed E-state index contributed by atoms with van der Waals surface area (Å²) < 4.78 is 14.2. The lowest BCUT2D eigenvalue weighted by atomic mass is 10.0. The first-order valence-corrected chi connectivity index (χ1v) is 7.31. The zero-order valence-electron chi connectivity index (χ0n) is 11.3. The van der Waals surface area contributed by atoms with Crippen molar-refractivity contribution >= 4 is 14.1 Å². The molecule has 0 saturated carbocycles. The summed E-state index contributed by atoms with van der Waals surface area (Å²) in [5.74, 6) is 0. The van der Waals surface area contributed by atoms with Crippen molar-refractivity contribution in [3.05, 3.63) is 0 Å². The predicted molar refractivity (Wildman–Crippen MR) is 68.3 cm³/mol. The highest BCUT2D eigenvalue weighted by Gasteiger charge is 2.35. The molecule has 0 fully saturated rings. The molecular formula is C9H21O12P. The third kappa shape index (κ3) is 11.1. The largest absolute Gasteiger partial charge is 0.470 e. The molecule has 22 heavy (non-hydrogen) atoms. The van der Waals surface area contributed by atoms with Crippen molar-refractivity contribution in [2.24, 2.45) is 0 Å². The molecule has 0 bridgehead atoms. The van der Waals surface area contributed by atoms with Crippen LogP contribution >= 0.6 is 7.82 Å². The number of aliphatic hydroxyl groups is 7. The van der Waals surface area contributed by atoms with Crippen molar-refractivity contribution in [2.75, 3.05) is 19.8 Å². The minimum absolute atomic E-state index is 0.142. The Balaban J connectivity index is 0. The molecule has 0 aromatic heterocycles. The Morgan fingerprint density at radius 1 is 0.909 bits per heavy atom. The van der Waals surface area contributed by atoms with Gasteiger partial charge < -0.3 is 50.3 Å². The van der Waals surface area contributed by atoms with Crippen LogP contribution in [-0.2, 0) is 13.9 Å². The molecular weight excluding hydrogens is 331 g/mol. The molecule has 0 heterocycles. The minimum Gasteiger partial charge on any atom is -0.394 e. The van der Waals surface area contributed by atoms with Gasteiger partial charge in [-0.1, -0.05) is 0 Å². The van der Waals surface area contributed by atoms with Crippen LogP contribution in [0.25, 0.3) is 0 Å². The first kappa shape index (κ1) is 23.8.